The summed E-state index contributed by atoms with van der Waals surface area (Å²) in [5.74, 6) is 0.148. The molecular weight excluding hydrogens is 336 g/mol. The predicted octanol–water partition coefficient (Wildman–Crippen LogP) is 2.39. The molecule has 0 spiro atoms. The number of amides is 1. The topological polar surface area (TPSA) is 48.5 Å². The normalized spacial score (nSPS) is 20.8. The highest BCUT2D eigenvalue weighted by atomic mass is 16.2. The van der Waals surface area contributed by atoms with Crippen molar-refractivity contribution in [3.8, 4) is 0 Å². The van der Waals surface area contributed by atoms with Gasteiger partial charge in [0.05, 0.1) is 18.3 Å². The molecule has 1 aliphatic carbocycles. The van der Waals surface area contributed by atoms with Gasteiger partial charge in [-0.3, -0.25) is 19.6 Å². The number of piperazine rings is 1. The van der Waals surface area contributed by atoms with E-state index in [9.17, 15) is 4.79 Å². The highest BCUT2D eigenvalue weighted by Crippen LogP contribution is 2.29. The molecule has 1 fully saturated rings. The molecule has 2 heterocycles. The van der Waals surface area contributed by atoms with Gasteiger partial charge in [-0.15, -0.1) is 0 Å². The summed E-state index contributed by atoms with van der Waals surface area (Å²) in [6.07, 6.45) is 5.16. The van der Waals surface area contributed by atoms with E-state index >= 15 is 0 Å². The molecule has 1 amide bonds. The van der Waals surface area contributed by atoms with Crippen LogP contribution in [-0.2, 0) is 17.8 Å². The van der Waals surface area contributed by atoms with Crippen LogP contribution in [0.25, 0.3) is 0 Å². The number of hydrogen-bond donors (Lipinski definition) is 1. The Kier molecular flexibility index (Phi) is 5.80. The lowest BCUT2D eigenvalue weighted by Gasteiger charge is -2.34. The number of hydrogen-bond acceptors (Lipinski definition) is 4. The van der Waals surface area contributed by atoms with Crippen LogP contribution in [0.15, 0.2) is 48.7 Å². The Bertz CT molecular complexity index is 756. The van der Waals surface area contributed by atoms with E-state index in [-0.39, 0.29) is 11.9 Å². The van der Waals surface area contributed by atoms with Crippen LogP contribution in [0.4, 0.5) is 0 Å². The summed E-state index contributed by atoms with van der Waals surface area (Å²) in [4.78, 5) is 21.7. The zero-order valence-corrected chi connectivity index (χ0v) is 15.8. The lowest BCUT2D eigenvalue weighted by Crippen LogP contribution is -2.49. The largest absolute Gasteiger partial charge is 0.348 e. The number of pyridine rings is 1. The minimum Gasteiger partial charge on any atom is -0.348 e. The number of fused-ring (bicyclic) bond motifs is 1. The van der Waals surface area contributed by atoms with Crippen molar-refractivity contribution in [3.05, 3.63) is 65.5 Å². The van der Waals surface area contributed by atoms with E-state index in [4.69, 9.17) is 0 Å². The summed E-state index contributed by atoms with van der Waals surface area (Å²) in [6, 6.07) is 14.7. The van der Waals surface area contributed by atoms with Crippen molar-refractivity contribution in [2.24, 2.45) is 0 Å². The van der Waals surface area contributed by atoms with Crippen molar-refractivity contribution < 1.29 is 4.79 Å². The van der Waals surface area contributed by atoms with Gasteiger partial charge in [-0.05, 0) is 42.5 Å². The smallest absolute Gasteiger partial charge is 0.234 e. The molecule has 0 unspecified atom stereocenters. The van der Waals surface area contributed by atoms with Crippen molar-refractivity contribution in [1.29, 1.82) is 0 Å². The fraction of sp³-hybridized carbons (Fsp3) is 0.455. The lowest BCUT2D eigenvalue weighted by atomic mass is 9.88. The van der Waals surface area contributed by atoms with Gasteiger partial charge >= 0.3 is 0 Å². The van der Waals surface area contributed by atoms with Gasteiger partial charge in [0, 0.05) is 38.9 Å². The van der Waals surface area contributed by atoms with Crippen molar-refractivity contribution in [2.45, 2.75) is 31.8 Å². The molecule has 5 nitrogen and oxygen atoms in total. The van der Waals surface area contributed by atoms with Crippen LogP contribution in [-0.4, -0.2) is 53.4 Å². The molecule has 0 saturated carbocycles. The summed E-state index contributed by atoms with van der Waals surface area (Å²) in [5.41, 5.74) is 3.80. The summed E-state index contributed by atoms with van der Waals surface area (Å²) >= 11 is 0. The number of rotatable bonds is 5. The first kappa shape index (κ1) is 18.1. The van der Waals surface area contributed by atoms with Gasteiger partial charge in [0.1, 0.15) is 0 Å². The van der Waals surface area contributed by atoms with Gasteiger partial charge in [0.2, 0.25) is 5.91 Å². The summed E-state index contributed by atoms with van der Waals surface area (Å²) < 4.78 is 0. The van der Waals surface area contributed by atoms with Crippen molar-refractivity contribution in [2.75, 3.05) is 32.7 Å². The molecule has 1 aromatic carbocycles. The lowest BCUT2D eigenvalue weighted by molar-refractivity contribution is -0.123. The predicted molar refractivity (Wildman–Crippen MR) is 106 cm³/mol. The first-order chi connectivity index (χ1) is 13.3. The minimum atomic E-state index is 0.148. The molecule has 1 aromatic heterocycles. The maximum atomic E-state index is 12.6. The van der Waals surface area contributed by atoms with Gasteiger partial charge in [-0.2, -0.15) is 0 Å². The zero-order valence-electron chi connectivity index (χ0n) is 15.8. The number of nitrogens with zero attached hydrogens (tertiary/aromatic N) is 3. The van der Waals surface area contributed by atoms with Crippen molar-refractivity contribution >= 4 is 5.91 Å². The van der Waals surface area contributed by atoms with Gasteiger partial charge < -0.3 is 5.32 Å². The second kappa shape index (κ2) is 8.63. The number of nitrogens with one attached hydrogen (secondary N) is 1. The van der Waals surface area contributed by atoms with Crippen molar-refractivity contribution in [1.82, 2.24) is 20.1 Å². The highest BCUT2D eigenvalue weighted by molar-refractivity contribution is 5.78. The third-order valence-electron chi connectivity index (χ3n) is 5.65. The minimum absolute atomic E-state index is 0.148. The fourth-order valence-electron chi connectivity index (χ4n) is 4.17. The van der Waals surface area contributed by atoms with E-state index in [0.29, 0.717) is 6.54 Å². The van der Waals surface area contributed by atoms with E-state index in [2.05, 4.69) is 50.4 Å². The SMILES string of the molecule is O=C(CN1CCN(Cc2ccccn2)CC1)N[C@@H]1CCCc2ccccc21. The summed E-state index contributed by atoms with van der Waals surface area (Å²) in [6.45, 7) is 5.21. The summed E-state index contributed by atoms with van der Waals surface area (Å²) in [5, 5.41) is 3.27. The second-order valence-corrected chi connectivity index (χ2v) is 7.58. The molecule has 27 heavy (non-hydrogen) atoms. The third kappa shape index (κ3) is 4.73. The molecule has 1 saturated heterocycles. The molecular formula is C22H28N4O. The van der Waals surface area contributed by atoms with Crippen LogP contribution in [0.2, 0.25) is 0 Å². The zero-order chi connectivity index (χ0) is 18.5. The maximum absolute atomic E-state index is 12.6. The quantitative estimate of drug-likeness (QED) is 0.885. The number of carbonyl (C=O) groups excluding carboxylic acids is 1. The fourth-order valence-corrected chi connectivity index (χ4v) is 4.17. The molecule has 0 bridgehead atoms. The Morgan fingerprint density at radius 3 is 2.63 bits per heavy atom. The standard InChI is InChI=1S/C22H28N4O/c27-22(24-21-10-5-7-18-6-1-2-9-20(18)21)17-26-14-12-25(13-15-26)16-19-8-3-4-11-23-19/h1-4,6,8-9,11,21H,5,7,10,12-17H2,(H,24,27)/t21-/m1/s1. The van der Waals surface area contributed by atoms with E-state index < -0.39 is 0 Å². The second-order valence-electron chi connectivity index (χ2n) is 7.58. The highest BCUT2D eigenvalue weighted by Gasteiger charge is 2.23. The Morgan fingerprint density at radius 2 is 1.81 bits per heavy atom. The van der Waals surface area contributed by atoms with Gasteiger partial charge in [0.25, 0.3) is 0 Å². The van der Waals surface area contributed by atoms with E-state index in [1.807, 2.05) is 18.3 Å². The average Bonchev–Trinajstić information content (AvgIpc) is 2.71. The van der Waals surface area contributed by atoms with Crippen LogP contribution in [0.3, 0.4) is 0 Å². The first-order valence-electron chi connectivity index (χ1n) is 10.00. The Labute approximate surface area is 161 Å². The Balaban J connectivity index is 1.24. The molecule has 2 aliphatic rings. The van der Waals surface area contributed by atoms with E-state index in [1.165, 1.54) is 11.1 Å². The third-order valence-corrected chi connectivity index (χ3v) is 5.65. The molecule has 142 valence electrons. The molecule has 5 heteroatoms. The van der Waals surface area contributed by atoms with Gasteiger partial charge in [-0.25, -0.2) is 0 Å². The van der Waals surface area contributed by atoms with Crippen LogP contribution < -0.4 is 5.32 Å². The molecule has 1 atom stereocenters. The maximum Gasteiger partial charge on any atom is 0.234 e. The summed E-state index contributed by atoms with van der Waals surface area (Å²) in [7, 11) is 0. The van der Waals surface area contributed by atoms with Crippen molar-refractivity contribution in [3.63, 3.8) is 0 Å². The Hall–Kier alpha value is -2.24. The molecule has 1 aliphatic heterocycles. The molecule has 1 N–H and O–H groups in total. The number of aryl methyl sites for hydroxylation is 1. The van der Waals surface area contributed by atoms with Crippen LogP contribution in [0.1, 0.15) is 35.7 Å². The van der Waals surface area contributed by atoms with Gasteiger partial charge in [-0.1, -0.05) is 30.3 Å². The number of aromatic nitrogens is 1. The van der Waals surface area contributed by atoms with Gasteiger partial charge in [0.15, 0.2) is 0 Å². The molecule has 4 rings (SSSR count). The Morgan fingerprint density at radius 1 is 1.04 bits per heavy atom. The monoisotopic (exact) mass is 364 g/mol. The molecule has 0 radical (unpaired) electrons. The van der Waals surface area contributed by atoms with Crippen LogP contribution in [0.5, 0.6) is 0 Å². The number of benzene rings is 1. The average molecular weight is 364 g/mol. The van der Waals surface area contributed by atoms with E-state index in [0.717, 1.165) is 57.7 Å². The number of carbonyl (C=O) groups is 1. The van der Waals surface area contributed by atoms with Crippen LogP contribution in [0, 0.1) is 0 Å². The molecule has 2 aromatic rings. The first-order valence-corrected chi connectivity index (χ1v) is 10.00. The van der Waals surface area contributed by atoms with Crippen LogP contribution >= 0.6 is 0 Å². The van der Waals surface area contributed by atoms with E-state index in [1.54, 1.807) is 0 Å².